The van der Waals surface area contributed by atoms with Crippen LogP contribution in [0.15, 0.2) is 30.3 Å². The van der Waals surface area contributed by atoms with Crippen LogP contribution in [0.25, 0.3) is 0 Å². The minimum Gasteiger partial charge on any atom is -0.329 e. The molecule has 2 rings (SSSR count). The van der Waals surface area contributed by atoms with E-state index in [1.54, 1.807) is 30.3 Å². The number of nitrogens with two attached hydrogens (primary N) is 1. The smallest absolute Gasteiger partial charge is 0.329 e. The van der Waals surface area contributed by atoms with Crippen molar-refractivity contribution in [1.82, 2.24) is 4.90 Å². The number of piperidine rings is 1. The summed E-state index contributed by atoms with van der Waals surface area (Å²) < 4.78 is 40.3. The maximum absolute atomic E-state index is 13.4. The number of benzene rings is 1. The van der Waals surface area contributed by atoms with Crippen LogP contribution < -0.4 is 5.73 Å². The van der Waals surface area contributed by atoms with Crippen molar-refractivity contribution >= 4 is 0 Å². The van der Waals surface area contributed by atoms with Gasteiger partial charge < -0.3 is 5.73 Å². The Balaban J connectivity index is 2.32. The van der Waals surface area contributed by atoms with E-state index in [4.69, 9.17) is 5.73 Å². The molecule has 1 aliphatic rings. The molecule has 2 N–H and O–H groups in total. The third-order valence-electron chi connectivity index (χ3n) is 3.70. The molecule has 1 aliphatic heterocycles. The van der Waals surface area contributed by atoms with Gasteiger partial charge >= 0.3 is 6.18 Å². The van der Waals surface area contributed by atoms with Crippen LogP contribution in [0.2, 0.25) is 0 Å². The first-order chi connectivity index (χ1) is 9.04. The SMILES string of the molecule is NCC1CCCCN1C(c1ccccc1)C(F)(F)F. The Morgan fingerprint density at radius 3 is 2.47 bits per heavy atom. The highest BCUT2D eigenvalue weighted by Gasteiger charge is 2.46. The standard InChI is InChI=1S/C14H19F3N2/c15-14(16,17)13(11-6-2-1-3-7-11)19-9-5-4-8-12(19)10-18/h1-3,6-7,12-13H,4-5,8-10,18H2. The number of rotatable bonds is 3. The molecule has 1 aromatic rings. The first-order valence-corrected chi connectivity index (χ1v) is 6.61. The molecule has 0 saturated carbocycles. The Labute approximate surface area is 111 Å². The van der Waals surface area contributed by atoms with E-state index in [-0.39, 0.29) is 12.6 Å². The number of halogens is 3. The lowest BCUT2D eigenvalue weighted by Crippen LogP contribution is -2.50. The van der Waals surface area contributed by atoms with Crippen molar-refractivity contribution in [3.8, 4) is 0 Å². The lowest BCUT2D eigenvalue weighted by molar-refractivity contribution is -0.195. The van der Waals surface area contributed by atoms with Crippen molar-refractivity contribution in [3.05, 3.63) is 35.9 Å². The summed E-state index contributed by atoms with van der Waals surface area (Å²) in [6, 6.07) is 6.39. The molecule has 0 aromatic heterocycles. The molecular weight excluding hydrogens is 253 g/mol. The van der Waals surface area contributed by atoms with Crippen molar-refractivity contribution in [3.63, 3.8) is 0 Å². The summed E-state index contributed by atoms with van der Waals surface area (Å²) in [4.78, 5) is 1.53. The van der Waals surface area contributed by atoms with Crippen LogP contribution in [-0.2, 0) is 0 Å². The molecule has 0 bridgehead atoms. The van der Waals surface area contributed by atoms with E-state index in [9.17, 15) is 13.2 Å². The second-order valence-electron chi connectivity index (χ2n) is 4.98. The monoisotopic (exact) mass is 272 g/mol. The topological polar surface area (TPSA) is 29.3 Å². The molecule has 0 aliphatic carbocycles. The number of hydrogen-bond acceptors (Lipinski definition) is 2. The zero-order valence-electron chi connectivity index (χ0n) is 10.7. The summed E-state index contributed by atoms with van der Waals surface area (Å²) in [6.45, 7) is 0.736. The van der Waals surface area contributed by atoms with Crippen LogP contribution in [0.4, 0.5) is 13.2 Å². The first-order valence-electron chi connectivity index (χ1n) is 6.61. The Bertz CT molecular complexity index is 391. The largest absolute Gasteiger partial charge is 0.408 e. The van der Waals surface area contributed by atoms with Crippen LogP contribution in [0, 0.1) is 0 Å². The average molecular weight is 272 g/mol. The van der Waals surface area contributed by atoms with Gasteiger partial charge in [0.05, 0.1) is 0 Å². The molecule has 106 valence electrons. The van der Waals surface area contributed by atoms with Crippen LogP contribution in [-0.4, -0.2) is 30.2 Å². The van der Waals surface area contributed by atoms with E-state index in [1.165, 1.54) is 4.90 Å². The van der Waals surface area contributed by atoms with E-state index in [2.05, 4.69) is 0 Å². The molecule has 19 heavy (non-hydrogen) atoms. The molecule has 2 unspecified atom stereocenters. The minimum atomic E-state index is -4.27. The van der Waals surface area contributed by atoms with Gasteiger partial charge in [0.25, 0.3) is 0 Å². The van der Waals surface area contributed by atoms with Gasteiger partial charge in [0.1, 0.15) is 6.04 Å². The Morgan fingerprint density at radius 1 is 1.21 bits per heavy atom. The number of hydrogen-bond donors (Lipinski definition) is 1. The third-order valence-corrected chi connectivity index (χ3v) is 3.70. The minimum absolute atomic E-state index is 0.180. The Hall–Kier alpha value is -1.07. The van der Waals surface area contributed by atoms with Crippen molar-refractivity contribution in [2.24, 2.45) is 5.73 Å². The van der Waals surface area contributed by atoms with Crippen molar-refractivity contribution < 1.29 is 13.2 Å². The highest BCUT2D eigenvalue weighted by Crippen LogP contribution is 2.40. The fraction of sp³-hybridized carbons (Fsp3) is 0.571. The van der Waals surface area contributed by atoms with E-state index in [0.29, 0.717) is 12.1 Å². The van der Waals surface area contributed by atoms with E-state index in [0.717, 1.165) is 19.3 Å². The fourth-order valence-corrected chi connectivity index (χ4v) is 2.82. The molecule has 0 spiro atoms. The first kappa shape index (κ1) is 14.3. The summed E-state index contributed by atoms with van der Waals surface area (Å²) in [7, 11) is 0. The van der Waals surface area contributed by atoms with Crippen LogP contribution in [0.1, 0.15) is 30.9 Å². The van der Waals surface area contributed by atoms with Crippen LogP contribution in [0.3, 0.4) is 0 Å². The van der Waals surface area contributed by atoms with Crippen molar-refractivity contribution in [2.45, 2.75) is 37.5 Å². The predicted molar refractivity (Wildman–Crippen MR) is 68.6 cm³/mol. The maximum Gasteiger partial charge on any atom is 0.408 e. The number of alkyl halides is 3. The molecule has 2 atom stereocenters. The molecule has 1 fully saturated rings. The van der Waals surface area contributed by atoms with Gasteiger partial charge in [-0.15, -0.1) is 0 Å². The normalized spacial score (nSPS) is 23.3. The van der Waals surface area contributed by atoms with Crippen molar-refractivity contribution in [2.75, 3.05) is 13.1 Å². The third kappa shape index (κ3) is 3.28. The van der Waals surface area contributed by atoms with Crippen molar-refractivity contribution in [1.29, 1.82) is 0 Å². The Morgan fingerprint density at radius 2 is 1.89 bits per heavy atom. The summed E-state index contributed by atoms with van der Waals surface area (Å²) >= 11 is 0. The van der Waals surface area contributed by atoms with Gasteiger partial charge in [-0.1, -0.05) is 36.8 Å². The highest BCUT2D eigenvalue weighted by atomic mass is 19.4. The number of likely N-dealkylation sites (tertiary alicyclic amines) is 1. The summed E-state index contributed by atoms with van der Waals surface area (Å²) in [5.74, 6) is 0. The van der Waals surface area contributed by atoms with Gasteiger partial charge in [-0.25, -0.2) is 0 Å². The van der Waals surface area contributed by atoms with Crippen LogP contribution in [0.5, 0.6) is 0 Å². The summed E-state index contributed by atoms with van der Waals surface area (Å²) in [5.41, 5.74) is 5.95. The lowest BCUT2D eigenvalue weighted by Gasteiger charge is -2.41. The second-order valence-corrected chi connectivity index (χ2v) is 4.98. The summed E-state index contributed by atoms with van der Waals surface area (Å²) in [5, 5.41) is 0. The zero-order chi connectivity index (χ0) is 13.9. The number of nitrogens with zero attached hydrogens (tertiary/aromatic N) is 1. The quantitative estimate of drug-likeness (QED) is 0.916. The predicted octanol–water partition coefficient (Wildman–Crippen LogP) is 3.10. The fourth-order valence-electron chi connectivity index (χ4n) is 2.82. The lowest BCUT2D eigenvalue weighted by atomic mass is 9.96. The van der Waals surface area contributed by atoms with Gasteiger partial charge in [0.15, 0.2) is 0 Å². The molecule has 0 radical (unpaired) electrons. The molecule has 1 saturated heterocycles. The van der Waals surface area contributed by atoms with Gasteiger partial charge in [-0.3, -0.25) is 4.90 Å². The highest BCUT2D eigenvalue weighted by molar-refractivity contribution is 5.21. The van der Waals surface area contributed by atoms with E-state index < -0.39 is 12.2 Å². The van der Waals surface area contributed by atoms with Gasteiger partial charge in [0, 0.05) is 12.6 Å². The van der Waals surface area contributed by atoms with Gasteiger partial charge in [-0.05, 0) is 24.9 Å². The molecule has 5 heteroatoms. The Kier molecular flexibility index (Phi) is 4.47. The van der Waals surface area contributed by atoms with E-state index >= 15 is 0 Å². The van der Waals surface area contributed by atoms with E-state index in [1.807, 2.05) is 0 Å². The average Bonchev–Trinajstić information content (AvgIpc) is 2.39. The molecule has 2 nitrogen and oxygen atoms in total. The molecule has 1 aromatic carbocycles. The second kappa shape index (κ2) is 5.92. The zero-order valence-corrected chi connectivity index (χ0v) is 10.7. The van der Waals surface area contributed by atoms with Gasteiger partial charge in [0.2, 0.25) is 0 Å². The molecule has 1 heterocycles. The molecule has 0 amide bonds. The maximum atomic E-state index is 13.4. The van der Waals surface area contributed by atoms with Gasteiger partial charge in [-0.2, -0.15) is 13.2 Å². The summed E-state index contributed by atoms with van der Waals surface area (Å²) in [6.07, 6.45) is -1.77. The molecular formula is C14H19F3N2. The van der Waals surface area contributed by atoms with Crippen LogP contribution >= 0.6 is 0 Å².